The smallest absolute Gasteiger partial charge is 0.258 e. The second-order valence-electron chi connectivity index (χ2n) is 5.42. The summed E-state index contributed by atoms with van der Waals surface area (Å²) in [7, 11) is 0. The highest BCUT2D eigenvalue weighted by atomic mass is 35.5. The molecular formula is C19H22ClNO3. The maximum atomic E-state index is 12.1. The van der Waals surface area contributed by atoms with E-state index in [1.165, 1.54) is 0 Å². The molecule has 0 aliphatic heterocycles. The number of para-hydroxylation sites is 2. The Bertz CT molecular complexity index is 658. The third kappa shape index (κ3) is 5.46. The van der Waals surface area contributed by atoms with Gasteiger partial charge in [-0.25, -0.2) is 0 Å². The van der Waals surface area contributed by atoms with Gasteiger partial charge in [0.15, 0.2) is 18.1 Å². The third-order valence-corrected chi connectivity index (χ3v) is 3.67. The van der Waals surface area contributed by atoms with Crippen LogP contribution in [0.1, 0.15) is 31.9 Å². The molecule has 1 atom stereocenters. The Morgan fingerprint density at radius 3 is 2.33 bits per heavy atom. The fourth-order valence-electron chi connectivity index (χ4n) is 2.16. The van der Waals surface area contributed by atoms with Crippen LogP contribution in [0.4, 0.5) is 0 Å². The molecule has 2 rings (SSSR count). The molecule has 24 heavy (non-hydrogen) atoms. The molecule has 0 radical (unpaired) electrons. The van der Waals surface area contributed by atoms with Crippen LogP contribution in [-0.2, 0) is 4.79 Å². The van der Waals surface area contributed by atoms with Crippen molar-refractivity contribution in [2.45, 2.75) is 26.3 Å². The summed E-state index contributed by atoms with van der Waals surface area (Å²) >= 11 is 5.87. The summed E-state index contributed by atoms with van der Waals surface area (Å²) in [6, 6.07) is 14.6. The third-order valence-electron chi connectivity index (χ3n) is 3.42. The van der Waals surface area contributed by atoms with Crippen molar-refractivity contribution < 1.29 is 14.3 Å². The Kier molecular flexibility index (Phi) is 6.94. The van der Waals surface area contributed by atoms with Crippen LogP contribution in [0.2, 0.25) is 5.02 Å². The molecule has 2 aromatic carbocycles. The zero-order chi connectivity index (χ0) is 17.4. The first-order valence-electron chi connectivity index (χ1n) is 7.99. The van der Waals surface area contributed by atoms with E-state index in [-0.39, 0.29) is 18.6 Å². The number of ether oxygens (including phenoxy) is 2. The normalized spacial score (nSPS) is 11.6. The molecule has 1 amide bonds. The maximum Gasteiger partial charge on any atom is 0.258 e. The highest BCUT2D eigenvalue weighted by Crippen LogP contribution is 2.26. The average molecular weight is 348 g/mol. The van der Waals surface area contributed by atoms with E-state index < -0.39 is 0 Å². The Hall–Kier alpha value is -2.20. The Morgan fingerprint density at radius 2 is 1.71 bits per heavy atom. The van der Waals surface area contributed by atoms with E-state index in [9.17, 15) is 4.79 Å². The van der Waals surface area contributed by atoms with Crippen LogP contribution in [0, 0.1) is 0 Å². The van der Waals surface area contributed by atoms with Crippen LogP contribution >= 0.6 is 11.6 Å². The van der Waals surface area contributed by atoms with E-state index in [0.29, 0.717) is 23.1 Å². The summed E-state index contributed by atoms with van der Waals surface area (Å²) in [6.45, 7) is 4.50. The first-order valence-corrected chi connectivity index (χ1v) is 8.37. The molecule has 128 valence electrons. The van der Waals surface area contributed by atoms with Gasteiger partial charge in [-0.15, -0.1) is 0 Å². The first-order chi connectivity index (χ1) is 11.6. The van der Waals surface area contributed by atoms with Crippen LogP contribution in [0.15, 0.2) is 48.5 Å². The molecule has 1 unspecified atom stereocenters. The van der Waals surface area contributed by atoms with Crippen molar-refractivity contribution >= 4 is 17.5 Å². The number of rotatable bonds is 8. The highest BCUT2D eigenvalue weighted by molar-refractivity contribution is 6.30. The number of hydrogen-bond donors (Lipinski definition) is 1. The fourth-order valence-corrected chi connectivity index (χ4v) is 2.29. The molecule has 2 aromatic rings. The monoisotopic (exact) mass is 347 g/mol. The van der Waals surface area contributed by atoms with E-state index in [1.807, 2.05) is 44.2 Å². The van der Waals surface area contributed by atoms with Gasteiger partial charge in [-0.1, -0.05) is 42.8 Å². The van der Waals surface area contributed by atoms with E-state index in [0.717, 1.165) is 12.0 Å². The number of carbonyl (C=O) groups excluding carboxylic acids is 1. The highest BCUT2D eigenvalue weighted by Gasteiger charge is 2.11. The van der Waals surface area contributed by atoms with Gasteiger partial charge >= 0.3 is 0 Å². The number of carbonyl (C=O) groups is 1. The Morgan fingerprint density at radius 1 is 1.08 bits per heavy atom. The predicted molar refractivity (Wildman–Crippen MR) is 95.7 cm³/mol. The van der Waals surface area contributed by atoms with Crippen molar-refractivity contribution in [1.29, 1.82) is 0 Å². The van der Waals surface area contributed by atoms with Crippen molar-refractivity contribution in [3.05, 3.63) is 59.1 Å². The van der Waals surface area contributed by atoms with E-state index >= 15 is 0 Å². The van der Waals surface area contributed by atoms with Gasteiger partial charge in [-0.2, -0.15) is 0 Å². The number of nitrogens with one attached hydrogen (secondary N) is 1. The standard InChI is InChI=1S/C19H22ClNO3/c1-3-12-23-17-6-4-5-7-18(17)24-13-19(22)21-14(2)15-8-10-16(20)11-9-15/h4-11,14H,3,12-13H2,1-2H3,(H,21,22). The molecule has 0 aromatic heterocycles. The topological polar surface area (TPSA) is 47.6 Å². The van der Waals surface area contributed by atoms with Gasteiger partial charge < -0.3 is 14.8 Å². The molecule has 4 nitrogen and oxygen atoms in total. The van der Waals surface area contributed by atoms with Crippen molar-refractivity contribution in [3.63, 3.8) is 0 Å². The van der Waals surface area contributed by atoms with Gasteiger partial charge in [0.2, 0.25) is 0 Å². The molecule has 0 aliphatic rings. The summed E-state index contributed by atoms with van der Waals surface area (Å²) in [4.78, 5) is 12.1. The van der Waals surface area contributed by atoms with Gasteiger partial charge in [-0.05, 0) is 43.2 Å². The minimum Gasteiger partial charge on any atom is -0.490 e. The van der Waals surface area contributed by atoms with Gasteiger partial charge in [0, 0.05) is 5.02 Å². The average Bonchev–Trinajstić information content (AvgIpc) is 2.59. The van der Waals surface area contributed by atoms with E-state index in [1.54, 1.807) is 18.2 Å². The van der Waals surface area contributed by atoms with E-state index in [2.05, 4.69) is 5.32 Å². The molecule has 0 saturated heterocycles. The van der Waals surface area contributed by atoms with Crippen molar-refractivity contribution in [2.24, 2.45) is 0 Å². The second-order valence-corrected chi connectivity index (χ2v) is 5.86. The summed E-state index contributed by atoms with van der Waals surface area (Å²) in [5.41, 5.74) is 0.986. The van der Waals surface area contributed by atoms with E-state index in [4.69, 9.17) is 21.1 Å². The second kappa shape index (κ2) is 9.18. The quantitative estimate of drug-likeness (QED) is 0.770. The van der Waals surface area contributed by atoms with Gasteiger partial charge in [0.1, 0.15) is 0 Å². The SMILES string of the molecule is CCCOc1ccccc1OCC(=O)NC(C)c1ccc(Cl)cc1. The zero-order valence-electron chi connectivity index (χ0n) is 13.9. The van der Waals surface area contributed by atoms with Gasteiger partial charge in [0.05, 0.1) is 12.6 Å². The number of amides is 1. The summed E-state index contributed by atoms with van der Waals surface area (Å²) in [6.07, 6.45) is 0.910. The molecule has 1 N–H and O–H groups in total. The first kappa shape index (κ1) is 18.1. The largest absolute Gasteiger partial charge is 0.490 e. The van der Waals surface area contributed by atoms with Crippen molar-refractivity contribution in [2.75, 3.05) is 13.2 Å². The van der Waals surface area contributed by atoms with Crippen LogP contribution in [-0.4, -0.2) is 19.1 Å². The molecule has 0 spiro atoms. The lowest BCUT2D eigenvalue weighted by molar-refractivity contribution is -0.123. The molecule has 0 aliphatic carbocycles. The Labute approximate surface area is 147 Å². The number of halogens is 1. The molecule has 0 heterocycles. The van der Waals surface area contributed by atoms with Crippen LogP contribution in [0.25, 0.3) is 0 Å². The fraction of sp³-hybridized carbons (Fsp3) is 0.316. The van der Waals surface area contributed by atoms with Gasteiger partial charge in [-0.3, -0.25) is 4.79 Å². The molecule has 0 bridgehead atoms. The number of hydrogen-bond acceptors (Lipinski definition) is 3. The van der Waals surface area contributed by atoms with Gasteiger partial charge in [0.25, 0.3) is 5.91 Å². The van der Waals surface area contributed by atoms with Crippen LogP contribution in [0.3, 0.4) is 0 Å². The Balaban J connectivity index is 1.88. The van der Waals surface area contributed by atoms with Crippen LogP contribution < -0.4 is 14.8 Å². The molecular weight excluding hydrogens is 326 g/mol. The molecule has 5 heteroatoms. The zero-order valence-corrected chi connectivity index (χ0v) is 14.7. The lowest BCUT2D eigenvalue weighted by atomic mass is 10.1. The minimum atomic E-state index is -0.192. The maximum absolute atomic E-state index is 12.1. The number of benzene rings is 2. The minimum absolute atomic E-state index is 0.0651. The summed E-state index contributed by atoms with van der Waals surface area (Å²) < 4.78 is 11.2. The summed E-state index contributed by atoms with van der Waals surface area (Å²) in [5, 5.41) is 3.57. The predicted octanol–water partition coefficient (Wildman–Crippen LogP) is 4.39. The lowest BCUT2D eigenvalue weighted by Crippen LogP contribution is -2.31. The summed E-state index contributed by atoms with van der Waals surface area (Å²) in [5.74, 6) is 1.03. The molecule has 0 fully saturated rings. The lowest BCUT2D eigenvalue weighted by Gasteiger charge is -2.16. The molecule has 0 saturated carbocycles. The van der Waals surface area contributed by atoms with Crippen molar-refractivity contribution in [3.8, 4) is 11.5 Å². The van der Waals surface area contributed by atoms with Crippen LogP contribution in [0.5, 0.6) is 11.5 Å². The van der Waals surface area contributed by atoms with Crippen molar-refractivity contribution in [1.82, 2.24) is 5.32 Å².